The lowest BCUT2D eigenvalue weighted by Gasteiger charge is -2.24. The fraction of sp³-hybridized carbons (Fsp3) is 0.909. The summed E-state index contributed by atoms with van der Waals surface area (Å²) in [6.07, 6.45) is 2.81. The SMILES string of the molecule is O=C(O)CC1(CN2CCCS(=O)(=O)CC2)CC1. The first-order chi connectivity index (χ1) is 7.91. The third-order valence-corrected chi connectivity index (χ3v) is 5.41. The Hall–Kier alpha value is -0.620. The number of carboxylic acids is 1. The molecule has 0 amide bonds. The van der Waals surface area contributed by atoms with Crippen LogP contribution in [0.5, 0.6) is 0 Å². The number of sulfone groups is 1. The third-order valence-electron chi connectivity index (χ3n) is 3.69. The zero-order chi connectivity index (χ0) is 12.5. The Morgan fingerprint density at radius 3 is 2.53 bits per heavy atom. The minimum absolute atomic E-state index is 0.0695. The first kappa shape index (κ1) is 12.8. The maximum absolute atomic E-state index is 11.5. The second kappa shape index (κ2) is 4.57. The quantitative estimate of drug-likeness (QED) is 0.791. The summed E-state index contributed by atoms with van der Waals surface area (Å²) in [5.74, 6) is -0.254. The highest BCUT2D eigenvalue weighted by Gasteiger charge is 2.45. The highest BCUT2D eigenvalue weighted by atomic mass is 32.2. The van der Waals surface area contributed by atoms with Crippen molar-refractivity contribution in [3.05, 3.63) is 0 Å². The van der Waals surface area contributed by atoms with Gasteiger partial charge in [0.05, 0.1) is 17.9 Å². The number of carbonyl (C=O) groups is 1. The highest BCUT2D eigenvalue weighted by Crippen LogP contribution is 2.49. The van der Waals surface area contributed by atoms with Crippen LogP contribution >= 0.6 is 0 Å². The van der Waals surface area contributed by atoms with Gasteiger partial charge in [-0.25, -0.2) is 8.42 Å². The van der Waals surface area contributed by atoms with Gasteiger partial charge in [-0.2, -0.15) is 0 Å². The molecule has 0 aromatic rings. The van der Waals surface area contributed by atoms with Crippen molar-refractivity contribution in [2.75, 3.05) is 31.1 Å². The molecule has 1 heterocycles. The Morgan fingerprint density at radius 2 is 1.94 bits per heavy atom. The van der Waals surface area contributed by atoms with Crippen LogP contribution in [0.4, 0.5) is 0 Å². The van der Waals surface area contributed by atoms with Gasteiger partial charge in [-0.15, -0.1) is 0 Å². The lowest BCUT2D eigenvalue weighted by molar-refractivity contribution is -0.138. The van der Waals surface area contributed by atoms with E-state index in [1.165, 1.54) is 0 Å². The number of hydrogen-bond donors (Lipinski definition) is 1. The van der Waals surface area contributed by atoms with Crippen LogP contribution in [0, 0.1) is 5.41 Å². The monoisotopic (exact) mass is 261 g/mol. The summed E-state index contributed by atoms with van der Waals surface area (Å²) in [7, 11) is -2.87. The van der Waals surface area contributed by atoms with Crippen LogP contribution in [-0.2, 0) is 14.6 Å². The molecule has 1 N–H and O–H groups in total. The van der Waals surface area contributed by atoms with Crippen molar-refractivity contribution in [1.29, 1.82) is 0 Å². The number of aliphatic carboxylic acids is 1. The number of hydrogen-bond acceptors (Lipinski definition) is 4. The zero-order valence-electron chi connectivity index (χ0n) is 9.89. The van der Waals surface area contributed by atoms with Crippen LogP contribution < -0.4 is 0 Å². The van der Waals surface area contributed by atoms with Crippen LogP contribution in [-0.4, -0.2) is 55.5 Å². The summed E-state index contributed by atoms with van der Waals surface area (Å²) in [6.45, 7) is 2.08. The minimum Gasteiger partial charge on any atom is -0.481 e. The summed E-state index contributed by atoms with van der Waals surface area (Å²) in [5, 5.41) is 8.84. The molecule has 1 aliphatic heterocycles. The first-order valence-electron chi connectivity index (χ1n) is 6.05. The van der Waals surface area contributed by atoms with E-state index >= 15 is 0 Å². The smallest absolute Gasteiger partial charge is 0.303 e. The van der Waals surface area contributed by atoms with Crippen molar-refractivity contribution in [3.8, 4) is 0 Å². The van der Waals surface area contributed by atoms with E-state index in [-0.39, 0.29) is 23.3 Å². The molecule has 0 atom stereocenters. The number of rotatable bonds is 4. The van der Waals surface area contributed by atoms with E-state index in [1.807, 2.05) is 0 Å². The Kier molecular flexibility index (Phi) is 3.45. The van der Waals surface area contributed by atoms with Crippen LogP contribution in [0.1, 0.15) is 25.7 Å². The molecule has 5 nitrogen and oxygen atoms in total. The standard InChI is InChI=1S/C11H19NO4S/c13-10(14)8-11(2-3-11)9-12-4-1-6-17(15,16)7-5-12/h1-9H2,(H,13,14). The molecular formula is C11H19NO4S. The van der Waals surface area contributed by atoms with E-state index in [1.54, 1.807) is 0 Å². The molecule has 0 aromatic heterocycles. The van der Waals surface area contributed by atoms with Crippen molar-refractivity contribution in [3.63, 3.8) is 0 Å². The lowest BCUT2D eigenvalue weighted by atomic mass is 10.0. The van der Waals surface area contributed by atoms with E-state index in [2.05, 4.69) is 4.90 Å². The molecule has 0 spiro atoms. The molecule has 1 saturated carbocycles. The van der Waals surface area contributed by atoms with E-state index in [0.717, 1.165) is 25.9 Å². The molecule has 1 saturated heterocycles. The topological polar surface area (TPSA) is 74.7 Å². The third kappa shape index (κ3) is 3.67. The molecule has 6 heteroatoms. The molecule has 2 fully saturated rings. The van der Waals surface area contributed by atoms with Crippen LogP contribution in [0.2, 0.25) is 0 Å². The molecule has 98 valence electrons. The van der Waals surface area contributed by atoms with Gasteiger partial charge in [0.2, 0.25) is 0 Å². The zero-order valence-corrected chi connectivity index (χ0v) is 10.7. The molecular weight excluding hydrogens is 242 g/mol. The largest absolute Gasteiger partial charge is 0.481 e. The molecule has 0 radical (unpaired) electrons. The fourth-order valence-corrected chi connectivity index (χ4v) is 3.82. The highest BCUT2D eigenvalue weighted by molar-refractivity contribution is 7.91. The van der Waals surface area contributed by atoms with Gasteiger partial charge in [-0.1, -0.05) is 0 Å². The fourth-order valence-electron chi connectivity index (χ4n) is 2.51. The van der Waals surface area contributed by atoms with Crippen LogP contribution in [0.3, 0.4) is 0 Å². The molecule has 0 bridgehead atoms. The van der Waals surface area contributed by atoms with Crippen molar-refractivity contribution < 1.29 is 18.3 Å². The van der Waals surface area contributed by atoms with Gasteiger partial charge in [0.25, 0.3) is 0 Å². The lowest BCUT2D eigenvalue weighted by Crippen LogP contribution is -2.34. The van der Waals surface area contributed by atoms with E-state index in [9.17, 15) is 13.2 Å². The Labute approximate surface area is 102 Å². The van der Waals surface area contributed by atoms with Gasteiger partial charge in [-0.05, 0) is 31.2 Å². The van der Waals surface area contributed by atoms with E-state index in [4.69, 9.17) is 5.11 Å². The molecule has 2 aliphatic rings. The minimum atomic E-state index is -2.87. The van der Waals surface area contributed by atoms with E-state index in [0.29, 0.717) is 13.0 Å². The second-order valence-electron chi connectivity index (χ2n) is 5.35. The maximum Gasteiger partial charge on any atom is 0.303 e. The Bertz CT molecular complexity index is 400. The van der Waals surface area contributed by atoms with Gasteiger partial charge in [0.15, 0.2) is 9.84 Å². The Morgan fingerprint density at radius 1 is 1.24 bits per heavy atom. The predicted octanol–water partition coefficient (Wildman–Crippen LogP) is 0.362. The molecule has 1 aliphatic carbocycles. The van der Waals surface area contributed by atoms with E-state index < -0.39 is 15.8 Å². The van der Waals surface area contributed by atoms with Gasteiger partial charge in [-0.3, -0.25) is 4.79 Å². The van der Waals surface area contributed by atoms with Gasteiger partial charge < -0.3 is 10.0 Å². The molecule has 2 rings (SSSR count). The maximum atomic E-state index is 11.5. The average molecular weight is 261 g/mol. The first-order valence-corrected chi connectivity index (χ1v) is 7.88. The van der Waals surface area contributed by atoms with Crippen LogP contribution in [0.15, 0.2) is 0 Å². The second-order valence-corrected chi connectivity index (χ2v) is 7.66. The predicted molar refractivity (Wildman–Crippen MR) is 63.6 cm³/mol. The molecule has 0 aromatic carbocycles. The van der Waals surface area contributed by atoms with Crippen LogP contribution in [0.25, 0.3) is 0 Å². The number of carboxylic acid groups (broad SMARTS) is 1. The van der Waals surface area contributed by atoms with Gasteiger partial charge >= 0.3 is 5.97 Å². The average Bonchev–Trinajstić information content (AvgIpc) is 2.94. The number of nitrogens with zero attached hydrogens (tertiary/aromatic N) is 1. The summed E-state index contributed by atoms with van der Waals surface area (Å²) in [4.78, 5) is 12.9. The Balaban J connectivity index is 1.89. The summed E-state index contributed by atoms with van der Waals surface area (Å²) < 4.78 is 22.9. The van der Waals surface area contributed by atoms with Gasteiger partial charge in [0, 0.05) is 13.1 Å². The van der Waals surface area contributed by atoms with Crippen molar-refractivity contribution >= 4 is 15.8 Å². The van der Waals surface area contributed by atoms with Crippen molar-refractivity contribution in [2.45, 2.75) is 25.7 Å². The van der Waals surface area contributed by atoms with Gasteiger partial charge in [0.1, 0.15) is 0 Å². The summed E-state index contributed by atoms with van der Waals surface area (Å²) in [5.41, 5.74) is -0.0695. The van der Waals surface area contributed by atoms with Crippen molar-refractivity contribution in [1.82, 2.24) is 4.90 Å². The molecule has 17 heavy (non-hydrogen) atoms. The normalized spacial score (nSPS) is 27.3. The molecule has 0 unspecified atom stereocenters. The summed E-state index contributed by atoms with van der Waals surface area (Å²) >= 11 is 0. The summed E-state index contributed by atoms with van der Waals surface area (Å²) in [6, 6.07) is 0. The van der Waals surface area contributed by atoms with Crippen molar-refractivity contribution in [2.24, 2.45) is 5.41 Å².